The van der Waals surface area contributed by atoms with Gasteiger partial charge in [-0.15, -0.1) is 0 Å². The number of carbonyl (C=O) groups excluding carboxylic acids is 1. The van der Waals surface area contributed by atoms with Crippen molar-refractivity contribution < 1.29 is 4.79 Å². The van der Waals surface area contributed by atoms with Gasteiger partial charge in [0.1, 0.15) is 0 Å². The highest BCUT2D eigenvalue weighted by Gasteiger charge is 2.18. The second-order valence-corrected chi connectivity index (χ2v) is 4.03. The Morgan fingerprint density at radius 2 is 2.00 bits per heavy atom. The van der Waals surface area contributed by atoms with E-state index in [0.717, 1.165) is 25.0 Å². The fourth-order valence-electron chi connectivity index (χ4n) is 2.16. The summed E-state index contributed by atoms with van der Waals surface area (Å²) in [6.07, 6.45) is 7.83. The van der Waals surface area contributed by atoms with Crippen molar-refractivity contribution in [2.45, 2.75) is 32.1 Å². The minimum atomic E-state index is 0.380. The molecule has 0 atom stereocenters. The zero-order valence-electron chi connectivity index (χ0n) is 8.09. The molecule has 1 heterocycles. The van der Waals surface area contributed by atoms with E-state index in [1.165, 1.54) is 32.4 Å². The molecule has 0 amide bonds. The van der Waals surface area contributed by atoms with Crippen LogP contribution in [0.1, 0.15) is 32.1 Å². The lowest BCUT2D eigenvalue weighted by Crippen LogP contribution is -2.32. The summed E-state index contributed by atoms with van der Waals surface area (Å²) in [5, 5.41) is 0. The number of nitrogens with zero attached hydrogens (tertiary/aromatic N) is 1. The molecular weight excluding hydrogens is 162 g/mol. The highest BCUT2D eigenvalue weighted by molar-refractivity contribution is 5.97. The number of carbonyl (C=O) groups is 1. The summed E-state index contributed by atoms with van der Waals surface area (Å²) >= 11 is 0. The van der Waals surface area contributed by atoms with Gasteiger partial charge in [-0.25, -0.2) is 0 Å². The van der Waals surface area contributed by atoms with Crippen molar-refractivity contribution in [3.05, 3.63) is 11.6 Å². The molecule has 13 heavy (non-hydrogen) atoms. The molecule has 72 valence electrons. The van der Waals surface area contributed by atoms with E-state index in [1.54, 1.807) is 0 Å². The standard InChI is InChI=1S/C11H17NO/c13-11-6-4-5-10(11)9-12-7-2-1-3-8-12/h5H,1-4,6-9H2. The summed E-state index contributed by atoms with van der Waals surface area (Å²) in [5.41, 5.74) is 1.07. The Kier molecular flexibility index (Phi) is 2.79. The molecule has 0 N–H and O–H groups in total. The second kappa shape index (κ2) is 4.05. The molecule has 2 aliphatic rings. The van der Waals surface area contributed by atoms with E-state index >= 15 is 0 Å². The van der Waals surface area contributed by atoms with Crippen molar-refractivity contribution in [3.63, 3.8) is 0 Å². The number of ketones is 1. The van der Waals surface area contributed by atoms with Gasteiger partial charge in [-0.1, -0.05) is 12.5 Å². The first-order chi connectivity index (χ1) is 6.36. The first-order valence-electron chi connectivity index (χ1n) is 5.31. The van der Waals surface area contributed by atoms with Crippen molar-refractivity contribution in [2.24, 2.45) is 0 Å². The third-order valence-corrected chi connectivity index (χ3v) is 2.96. The minimum absolute atomic E-state index is 0.380. The van der Waals surface area contributed by atoms with Gasteiger partial charge in [0.2, 0.25) is 0 Å². The monoisotopic (exact) mass is 179 g/mol. The summed E-state index contributed by atoms with van der Waals surface area (Å²) in [4.78, 5) is 13.8. The Balaban J connectivity index is 1.86. The van der Waals surface area contributed by atoms with Crippen molar-refractivity contribution >= 4 is 5.78 Å². The van der Waals surface area contributed by atoms with Crippen molar-refractivity contribution in [2.75, 3.05) is 19.6 Å². The molecule has 0 aromatic rings. The first-order valence-corrected chi connectivity index (χ1v) is 5.31. The van der Waals surface area contributed by atoms with Crippen LogP contribution in [0.15, 0.2) is 11.6 Å². The molecular formula is C11H17NO. The molecule has 0 spiro atoms. The number of hydrogen-bond acceptors (Lipinski definition) is 2. The van der Waals surface area contributed by atoms with Crippen molar-refractivity contribution in [1.82, 2.24) is 4.90 Å². The number of hydrogen-bond donors (Lipinski definition) is 0. The fraction of sp³-hybridized carbons (Fsp3) is 0.727. The maximum absolute atomic E-state index is 11.4. The summed E-state index contributed by atoms with van der Waals surface area (Å²) in [5.74, 6) is 0.380. The average Bonchev–Trinajstić information content (AvgIpc) is 2.54. The number of allylic oxidation sites excluding steroid dienone is 1. The molecule has 0 bridgehead atoms. The lowest BCUT2D eigenvalue weighted by molar-refractivity contribution is -0.115. The van der Waals surface area contributed by atoms with Crippen LogP contribution in [0.5, 0.6) is 0 Å². The Bertz CT molecular complexity index is 226. The molecule has 0 aromatic heterocycles. The average molecular weight is 179 g/mol. The maximum atomic E-state index is 11.4. The Morgan fingerprint density at radius 1 is 1.23 bits per heavy atom. The first kappa shape index (κ1) is 8.95. The molecule has 2 nitrogen and oxygen atoms in total. The van der Waals surface area contributed by atoms with Gasteiger partial charge in [-0.05, 0) is 32.4 Å². The molecule has 1 fully saturated rings. The molecule has 1 aliphatic carbocycles. The quantitative estimate of drug-likeness (QED) is 0.644. The van der Waals surface area contributed by atoms with Gasteiger partial charge in [0, 0.05) is 18.5 Å². The predicted octanol–water partition coefficient (Wildman–Crippen LogP) is 1.76. The van der Waals surface area contributed by atoms with Gasteiger partial charge in [-0.3, -0.25) is 9.69 Å². The lowest BCUT2D eigenvalue weighted by Gasteiger charge is -2.26. The van der Waals surface area contributed by atoms with Gasteiger partial charge in [0.05, 0.1) is 0 Å². The summed E-state index contributed by atoms with van der Waals surface area (Å²) in [7, 11) is 0. The van der Waals surface area contributed by atoms with E-state index in [-0.39, 0.29) is 0 Å². The van der Waals surface area contributed by atoms with E-state index in [2.05, 4.69) is 11.0 Å². The largest absolute Gasteiger partial charge is 0.299 e. The topological polar surface area (TPSA) is 20.3 Å². The summed E-state index contributed by atoms with van der Waals surface area (Å²) in [6, 6.07) is 0. The van der Waals surface area contributed by atoms with E-state index in [9.17, 15) is 4.79 Å². The van der Waals surface area contributed by atoms with Crippen LogP contribution in [0, 0.1) is 0 Å². The molecule has 0 saturated carbocycles. The van der Waals surface area contributed by atoms with Gasteiger partial charge in [0.25, 0.3) is 0 Å². The van der Waals surface area contributed by atoms with Gasteiger partial charge in [0.15, 0.2) is 5.78 Å². The number of piperidine rings is 1. The van der Waals surface area contributed by atoms with E-state index in [4.69, 9.17) is 0 Å². The maximum Gasteiger partial charge on any atom is 0.160 e. The van der Waals surface area contributed by atoms with E-state index < -0.39 is 0 Å². The molecule has 2 rings (SSSR count). The van der Waals surface area contributed by atoms with E-state index in [0.29, 0.717) is 5.78 Å². The van der Waals surface area contributed by atoms with E-state index in [1.807, 2.05) is 0 Å². The van der Waals surface area contributed by atoms with Gasteiger partial charge < -0.3 is 0 Å². The van der Waals surface area contributed by atoms with Crippen LogP contribution in [0.2, 0.25) is 0 Å². The van der Waals surface area contributed by atoms with Crippen molar-refractivity contribution in [1.29, 1.82) is 0 Å². The molecule has 1 aliphatic heterocycles. The Morgan fingerprint density at radius 3 is 2.62 bits per heavy atom. The SMILES string of the molecule is O=C1CCC=C1CN1CCCCC1. The third-order valence-electron chi connectivity index (χ3n) is 2.96. The van der Waals surface area contributed by atoms with Crippen molar-refractivity contribution in [3.8, 4) is 0 Å². The minimum Gasteiger partial charge on any atom is -0.299 e. The number of rotatable bonds is 2. The smallest absolute Gasteiger partial charge is 0.160 e. The lowest BCUT2D eigenvalue weighted by atomic mass is 10.1. The normalized spacial score (nSPS) is 24.9. The fourth-order valence-corrected chi connectivity index (χ4v) is 2.16. The zero-order valence-corrected chi connectivity index (χ0v) is 8.09. The van der Waals surface area contributed by atoms with Crippen LogP contribution in [0.4, 0.5) is 0 Å². The molecule has 2 heteroatoms. The molecule has 0 unspecified atom stereocenters. The second-order valence-electron chi connectivity index (χ2n) is 4.03. The number of likely N-dealkylation sites (tertiary alicyclic amines) is 1. The Labute approximate surface area is 79.6 Å². The Hall–Kier alpha value is -0.630. The van der Waals surface area contributed by atoms with Crippen LogP contribution in [-0.4, -0.2) is 30.3 Å². The van der Waals surface area contributed by atoms with Gasteiger partial charge in [-0.2, -0.15) is 0 Å². The highest BCUT2D eigenvalue weighted by atomic mass is 16.1. The zero-order chi connectivity index (χ0) is 9.10. The molecule has 0 aromatic carbocycles. The van der Waals surface area contributed by atoms with Crippen LogP contribution in [0.25, 0.3) is 0 Å². The van der Waals surface area contributed by atoms with Crippen LogP contribution < -0.4 is 0 Å². The predicted molar refractivity (Wildman–Crippen MR) is 52.6 cm³/mol. The molecule has 1 saturated heterocycles. The molecule has 0 radical (unpaired) electrons. The summed E-state index contributed by atoms with van der Waals surface area (Å²) < 4.78 is 0. The summed E-state index contributed by atoms with van der Waals surface area (Å²) in [6.45, 7) is 3.29. The highest BCUT2D eigenvalue weighted by Crippen LogP contribution is 2.17. The van der Waals surface area contributed by atoms with Crippen LogP contribution in [-0.2, 0) is 4.79 Å². The van der Waals surface area contributed by atoms with Crippen LogP contribution in [0.3, 0.4) is 0 Å². The van der Waals surface area contributed by atoms with Crippen LogP contribution >= 0.6 is 0 Å². The van der Waals surface area contributed by atoms with Gasteiger partial charge >= 0.3 is 0 Å². The third kappa shape index (κ3) is 2.19. The number of Topliss-reactive ketones (excluding diaryl/α,β-unsaturated/α-hetero) is 1.